The zero-order chi connectivity index (χ0) is 105. The summed E-state index contributed by atoms with van der Waals surface area (Å²) in [5.74, 6) is 5.81. The molecular weight excluding hydrogens is 1910 g/mol. The Morgan fingerprint density at radius 3 is 1.09 bits per heavy atom. The van der Waals surface area contributed by atoms with Crippen LogP contribution in [0.2, 0.25) is 0 Å². The minimum absolute atomic E-state index is 0.00128. The number of likely N-dealkylation sites (tertiary alicyclic amines) is 6. The number of rotatable bonds is 62. The lowest BCUT2D eigenvalue weighted by Gasteiger charge is -2.26. The number of Topliss-reactive ketones (excluding diaryl/α,β-unsaturated/α-hetero) is 3. The summed E-state index contributed by atoms with van der Waals surface area (Å²) >= 11 is 0. The summed E-state index contributed by atoms with van der Waals surface area (Å²) in [4.78, 5) is 134. The van der Waals surface area contributed by atoms with Crippen molar-refractivity contribution in [1.82, 2.24) is 34.7 Å². The third-order valence-electron chi connectivity index (χ3n) is 23.3. The molecule has 6 rings (SSSR count). The largest absolute Gasteiger partial charge is 0.472 e. The smallest absolute Gasteiger partial charge is 0.377 e. The van der Waals surface area contributed by atoms with Crippen LogP contribution in [0.25, 0.3) is 0 Å². The summed E-state index contributed by atoms with van der Waals surface area (Å²) in [6, 6.07) is 0.127. The van der Waals surface area contributed by atoms with Crippen molar-refractivity contribution in [3.8, 4) is 0 Å². The molecule has 6 aliphatic heterocycles. The van der Waals surface area contributed by atoms with E-state index in [0.717, 1.165) is 68.2 Å². The van der Waals surface area contributed by atoms with Gasteiger partial charge in [-0.15, -0.1) is 0 Å². The Morgan fingerprint density at radius 2 is 0.698 bits per heavy atom. The number of amides is 6. The Morgan fingerprint density at radius 1 is 0.345 bits per heavy atom. The third-order valence-corrected chi connectivity index (χ3v) is 32.0. The molecule has 139 heavy (non-hydrogen) atoms. The van der Waals surface area contributed by atoms with Crippen LogP contribution in [-0.4, -0.2) is 334 Å². The Balaban J connectivity index is 0.000000620. The van der Waals surface area contributed by atoms with E-state index in [1.54, 1.807) is 68.7 Å². The summed E-state index contributed by atoms with van der Waals surface area (Å²) in [5.41, 5.74) is 0. The molecule has 0 bridgehead atoms. The van der Waals surface area contributed by atoms with Gasteiger partial charge >= 0.3 is 7.82 Å². The second-order valence-electron chi connectivity index (χ2n) is 42.5. The minimum Gasteiger partial charge on any atom is -0.377 e. The van der Waals surface area contributed by atoms with Crippen molar-refractivity contribution >= 4 is 125 Å². The number of carbonyl (C=O) groups is 9. The van der Waals surface area contributed by atoms with E-state index in [1.165, 1.54) is 12.8 Å². The van der Waals surface area contributed by atoms with E-state index in [-0.39, 0.29) is 213 Å². The van der Waals surface area contributed by atoms with Crippen molar-refractivity contribution < 1.29 is 104 Å². The third kappa shape index (κ3) is 60.8. The quantitative estimate of drug-likeness (QED) is 0.0247. The van der Waals surface area contributed by atoms with Crippen LogP contribution < -0.4 is 5.32 Å². The molecule has 6 aliphatic rings. The molecule has 13 atom stereocenters. The van der Waals surface area contributed by atoms with Crippen LogP contribution in [0.1, 0.15) is 330 Å². The van der Waals surface area contributed by atoms with Gasteiger partial charge in [-0.1, -0.05) is 161 Å². The number of ketones is 3. The van der Waals surface area contributed by atoms with E-state index in [4.69, 9.17) is 51.7 Å². The molecule has 29 nitrogen and oxygen atoms in total. The summed E-state index contributed by atoms with van der Waals surface area (Å²) in [5, 5.41) is 3.82. The zero-order valence-electron chi connectivity index (χ0n) is 91.6. The zero-order valence-corrected chi connectivity index (χ0v) is 97.4. The van der Waals surface area contributed by atoms with Crippen LogP contribution in [0.3, 0.4) is 0 Å². The fourth-order valence-electron chi connectivity index (χ4n) is 16.5. The van der Waals surface area contributed by atoms with Crippen LogP contribution in [0.15, 0.2) is 0 Å². The van der Waals surface area contributed by atoms with Gasteiger partial charge in [-0.3, -0.25) is 52.2 Å². The van der Waals surface area contributed by atoms with Crippen molar-refractivity contribution in [2.45, 2.75) is 463 Å². The minimum atomic E-state index is -4.50. The number of carbonyl (C=O) groups excluding carboxylic acids is 9. The summed E-state index contributed by atoms with van der Waals surface area (Å²) in [6.07, 6.45) is 12.5. The number of hydrogen-bond acceptors (Lipinski definition) is 28. The Labute approximate surface area is 865 Å². The number of nitrogens with one attached hydrogen (secondary N) is 1. The molecule has 6 amide bonds. The van der Waals surface area contributed by atoms with Gasteiger partial charge in [0.05, 0.1) is 179 Å². The first-order valence-corrected chi connectivity index (χ1v) is 61.2. The van der Waals surface area contributed by atoms with Crippen LogP contribution in [-0.2, 0) is 99.4 Å². The predicted octanol–water partition coefficient (Wildman–Crippen LogP) is 19.5. The highest BCUT2D eigenvalue weighted by Crippen LogP contribution is 2.48. The topological polar surface area (TPSA) is 324 Å². The first-order valence-electron chi connectivity index (χ1n) is 52.4. The average Bonchev–Trinajstić information content (AvgIpc) is 1.70. The van der Waals surface area contributed by atoms with E-state index in [2.05, 4.69) is 60.7 Å². The molecule has 2 N–H and O–H groups in total. The molecule has 0 spiro atoms. The molecular formula is C103H194N7O22PS6. The van der Waals surface area contributed by atoms with E-state index in [9.17, 15) is 52.6 Å². The summed E-state index contributed by atoms with van der Waals surface area (Å²) in [7, 11) is 5.70. The number of ether oxygens (including phenoxy) is 9. The van der Waals surface area contributed by atoms with Crippen molar-refractivity contribution in [2.75, 3.05) is 114 Å². The van der Waals surface area contributed by atoms with Gasteiger partial charge in [0.2, 0.25) is 35.4 Å². The first kappa shape index (κ1) is 133. The monoisotopic (exact) mass is 2100 g/mol. The molecule has 0 aromatic rings. The van der Waals surface area contributed by atoms with Crippen LogP contribution in [0, 0.1) is 29.6 Å². The Kier molecular flexibility index (Phi) is 69.6. The standard InChI is InChI=1S/C34H62N3O9PS2.C19H37NO3S2.C17H31NO4.C17H33NO3.C16H31NO3S2/c1-24(2)32(39)14-17-49-48-16-9-11-33(40)37-21-31(19-29(37)22-44-26(5)6)46-47(42,43)45-23-28-18-27(7)20-36(28)34(41)13-12-30(38)10-8-15-35-25(3)4;1-14(2)8-7-9-24-25-13-19(21)20-11-18(23-16(5)6)10-17(20)12-22-15(3)4;1-11(2)16(19)8-17(20)18-9-15(22-13(5)6)7-14(18)10-21-12(3)4;1-12(2)7-8-17(19)18-10-16(21-14(5)6)9-15(18)11-20-13(3)4;1-11(2)19-9-14-7-15(20-12(3)4)8-17(14)16(18)10-21-22-13(5)6/h24-29,31,35H,8-23H2,1-7H3,(H,42,43);14-18H,7-13H2,1-6H3;11-15H,7-10H2,1-6H3;12-16H,7-11H2,1-6H3;11-15H,7-10H2,1-6H3/t27-,28+,29+,31-;17-,18+;14-,15+;15-,16+;14-,15+/m10000/s1. The Bertz CT molecular complexity index is 3460. The van der Waals surface area contributed by atoms with E-state index < -0.39 is 20.0 Å². The van der Waals surface area contributed by atoms with Crippen LogP contribution in [0.5, 0.6) is 0 Å². The first-order chi connectivity index (χ1) is 65.1. The van der Waals surface area contributed by atoms with Crippen molar-refractivity contribution in [1.29, 1.82) is 0 Å². The lowest BCUT2D eigenvalue weighted by molar-refractivity contribution is -0.139. The molecule has 36 heteroatoms. The lowest BCUT2D eigenvalue weighted by atomic mass is 10.1. The summed E-state index contributed by atoms with van der Waals surface area (Å²) in [6.45, 7) is 69.4. The van der Waals surface area contributed by atoms with Gasteiger partial charge in [0, 0.05) is 118 Å². The normalized spacial score (nSPS) is 22.2. The molecule has 6 heterocycles. The average molecular weight is 2110 g/mol. The van der Waals surface area contributed by atoms with Gasteiger partial charge < -0.3 is 82.2 Å². The second-order valence-corrected chi connectivity index (χ2v) is 52.1. The van der Waals surface area contributed by atoms with Crippen molar-refractivity contribution in [3.63, 3.8) is 0 Å². The fourth-order valence-corrected chi connectivity index (χ4v) is 23.5. The fraction of sp³-hybridized carbons (Fsp3) is 0.913. The number of hydrogen-bond donors (Lipinski definition) is 2. The molecule has 6 saturated heterocycles. The highest BCUT2D eigenvalue weighted by atomic mass is 33.1. The molecule has 0 aliphatic carbocycles. The van der Waals surface area contributed by atoms with Gasteiger partial charge in [-0.2, -0.15) is 0 Å². The molecule has 814 valence electrons. The van der Waals surface area contributed by atoms with Gasteiger partial charge in [-0.25, -0.2) is 4.57 Å². The van der Waals surface area contributed by atoms with E-state index in [1.807, 2.05) is 185 Å². The number of phosphoric ester groups is 1. The van der Waals surface area contributed by atoms with E-state index >= 15 is 0 Å². The molecule has 0 aromatic carbocycles. The number of nitrogens with zero attached hydrogens (tertiary/aromatic N) is 6. The molecule has 0 saturated carbocycles. The molecule has 6 fully saturated rings. The maximum Gasteiger partial charge on any atom is 0.472 e. The lowest BCUT2D eigenvalue weighted by Crippen LogP contribution is -2.40. The SMILES string of the molecule is CC(C)CCC(=O)N1C[C@H](OC(C)C)C[C@H]1COC(C)C.CC(C)CCCSSCC(=O)N1C[C@H](OC(C)C)C[C@H]1COC(C)C.CC(C)NCCCC(=O)CCC(=O)N1C[C@H](C)C[C@H]1COP(=O)(O)O[C@@H]1C[C@@H](COC(C)C)N(C(=O)CCCSSCCC(=O)C(C)C)C1.CC(C)OC[C@@H]1C[C@@H](OC(C)C)CN1C(=O)CC(=O)C(C)C.CC(C)OC[C@@H]1C[C@@H](OC(C)C)CN1C(=O)CSSC(C)C. The van der Waals surface area contributed by atoms with Gasteiger partial charge in [-0.05, 0) is 213 Å². The van der Waals surface area contributed by atoms with Crippen LogP contribution >= 0.6 is 72.6 Å². The molecule has 0 radical (unpaired) electrons. The van der Waals surface area contributed by atoms with Crippen molar-refractivity contribution in [3.05, 3.63) is 0 Å². The molecule has 0 aromatic heterocycles. The predicted molar refractivity (Wildman–Crippen MR) is 574 cm³/mol. The van der Waals surface area contributed by atoms with Gasteiger partial charge in [0.15, 0.2) is 0 Å². The van der Waals surface area contributed by atoms with Crippen LogP contribution in [0.4, 0.5) is 0 Å². The second kappa shape index (κ2) is 72.9. The highest BCUT2D eigenvalue weighted by Gasteiger charge is 2.45. The van der Waals surface area contributed by atoms with Crippen molar-refractivity contribution in [2.24, 2.45) is 29.6 Å². The summed E-state index contributed by atoms with van der Waals surface area (Å²) < 4.78 is 76.5. The van der Waals surface area contributed by atoms with Gasteiger partial charge in [0.1, 0.15) is 17.3 Å². The number of phosphoric acid groups is 1. The maximum atomic E-state index is 13.2. The molecule has 1 unspecified atom stereocenters. The van der Waals surface area contributed by atoms with Gasteiger partial charge in [0.25, 0.3) is 0 Å². The Hall–Kier alpha value is -2.36. The maximum absolute atomic E-state index is 13.2. The highest BCUT2D eigenvalue weighted by molar-refractivity contribution is 8.77. The van der Waals surface area contributed by atoms with E-state index in [0.29, 0.717) is 139 Å².